The van der Waals surface area contributed by atoms with Crippen molar-refractivity contribution >= 4 is 11.8 Å². The van der Waals surface area contributed by atoms with Gasteiger partial charge in [0.05, 0.1) is 13.2 Å². The standard InChI is InChI=1S/C19H28FN3O3/c1-3-18(24)23(14-16-4-6-17(20)7-5-16)15(2)19(25)21-8-9-22-10-12-26-13-11-22/h4-7,15H,3,8-14H2,1-2H3,(H,21,25)/t15-/m1/s1. The van der Waals surface area contributed by atoms with Crippen LogP contribution in [0.2, 0.25) is 0 Å². The third-order valence-corrected chi connectivity index (χ3v) is 4.57. The lowest BCUT2D eigenvalue weighted by molar-refractivity contribution is -0.140. The molecule has 1 N–H and O–H groups in total. The van der Waals surface area contributed by atoms with E-state index < -0.39 is 6.04 Å². The average Bonchev–Trinajstić information content (AvgIpc) is 2.67. The van der Waals surface area contributed by atoms with E-state index in [2.05, 4.69) is 10.2 Å². The summed E-state index contributed by atoms with van der Waals surface area (Å²) in [5, 5.41) is 2.91. The Morgan fingerprint density at radius 1 is 1.27 bits per heavy atom. The van der Waals surface area contributed by atoms with Crippen LogP contribution in [0.5, 0.6) is 0 Å². The first-order valence-corrected chi connectivity index (χ1v) is 9.13. The molecule has 1 atom stereocenters. The van der Waals surface area contributed by atoms with Crippen LogP contribution in [0.4, 0.5) is 4.39 Å². The molecule has 0 bridgehead atoms. The molecule has 0 radical (unpaired) electrons. The smallest absolute Gasteiger partial charge is 0.242 e. The van der Waals surface area contributed by atoms with E-state index in [0.717, 1.165) is 38.4 Å². The highest BCUT2D eigenvalue weighted by molar-refractivity contribution is 5.87. The van der Waals surface area contributed by atoms with Gasteiger partial charge in [-0.2, -0.15) is 0 Å². The van der Waals surface area contributed by atoms with Gasteiger partial charge in [0.1, 0.15) is 11.9 Å². The SMILES string of the molecule is CCC(=O)N(Cc1ccc(F)cc1)[C@H](C)C(=O)NCCN1CCOCC1. The summed E-state index contributed by atoms with van der Waals surface area (Å²) in [4.78, 5) is 28.6. The maximum absolute atomic E-state index is 13.1. The minimum absolute atomic E-state index is 0.106. The van der Waals surface area contributed by atoms with Crippen molar-refractivity contribution < 1.29 is 18.7 Å². The van der Waals surface area contributed by atoms with Crippen molar-refractivity contribution in [3.8, 4) is 0 Å². The molecule has 7 heteroatoms. The molecule has 1 aliphatic heterocycles. The van der Waals surface area contributed by atoms with E-state index in [-0.39, 0.29) is 24.2 Å². The number of hydrogen-bond donors (Lipinski definition) is 1. The Bertz CT molecular complexity index is 588. The van der Waals surface area contributed by atoms with Crippen LogP contribution in [-0.4, -0.2) is 67.0 Å². The van der Waals surface area contributed by atoms with Gasteiger partial charge in [-0.25, -0.2) is 4.39 Å². The zero-order valence-electron chi connectivity index (χ0n) is 15.5. The molecule has 0 aromatic heterocycles. The largest absolute Gasteiger partial charge is 0.379 e. The lowest BCUT2D eigenvalue weighted by Crippen LogP contribution is -2.49. The minimum atomic E-state index is -0.586. The summed E-state index contributed by atoms with van der Waals surface area (Å²) < 4.78 is 18.4. The molecule has 2 rings (SSSR count). The van der Waals surface area contributed by atoms with E-state index in [9.17, 15) is 14.0 Å². The quantitative estimate of drug-likeness (QED) is 0.757. The van der Waals surface area contributed by atoms with Crippen molar-refractivity contribution in [3.05, 3.63) is 35.6 Å². The first-order valence-electron chi connectivity index (χ1n) is 9.13. The number of amides is 2. The van der Waals surface area contributed by atoms with Gasteiger partial charge in [-0.15, -0.1) is 0 Å². The number of ether oxygens (including phenoxy) is 1. The number of benzene rings is 1. The third kappa shape index (κ3) is 6.07. The van der Waals surface area contributed by atoms with Crippen LogP contribution in [-0.2, 0) is 20.9 Å². The predicted molar refractivity (Wildman–Crippen MR) is 97.0 cm³/mol. The highest BCUT2D eigenvalue weighted by Crippen LogP contribution is 2.11. The molecular weight excluding hydrogens is 337 g/mol. The fourth-order valence-electron chi connectivity index (χ4n) is 2.88. The van der Waals surface area contributed by atoms with Crippen LogP contribution in [0, 0.1) is 5.82 Å². The number of hydrogen-bond acceptors (Lipinski definition) is 4. The van der Waals surface area contributed by atoms with Crippen molar-refractivity contribution in [3.63, 3.8) is 0 Å². The summed E-state index contributed by atoms with van der Waals surface area (Å²) in [6.07, 6.45) is 0.312. The second-order valence-corrected chi connectivity index (χ2v) is 6.42. The second-order valence-electron chi connectivity index (χ2n) is 6.42. The Morgan fingerprint density at radius 2 is 1.92 bits per heavy atom. The lowest BCUT2D eigenvalue weighted by atomic mass is 10.1. The lowest BCUT2D eigenvalue weighted by Gasteiger charge is -2.29. The summed E-state index contributed by atoms with van der Waals surface area (Å²) in [6, 6.07) is 5.40. The van der Waals surface area contributed by atoms with Gasteiger partial charge in [-0.05, 0) is 24.6 Å². The number of carbonyl (C=O) groups excluding carboxylic acids is 2. The summed E-state index contributed by atoms with van der Waals surface area (Å²) in [7, 11) is 0. The van der Waals surface area contributed by atoms with Crippen LogP contribution in [0.3, 0.4) is 0 Å². The molecule has 1 fully saturated rings. The van der Waals surface area contributed by atoms with Gasteiger partial charge < -0.3 is 15.0 Å². The zero-order valence-corrected chi connectivity index (χ0v) is 15.5. The number of carbonyl (C=O) groups is 2. The molecule has 2 amide bonds. The first-order chi connectivity index (χ1) is 12.5. The zero-order chi connectivity index (χ0) is 18.9. The van der Waals surface area contributed by atoms with Crippen molar-refractivity contribution in [1.29, 1.82) is 0 Å². The molecule has 1 aliphatic rings. The maximum Gasteiger partial charge on any atom is 0.242 e. The van der Waals surface area contributed by atoms with E-state index in [1.54, 1.807) is 26.0 Å². The van der Waals surface area contributed by atoms with Gasteiger partial charge in [0.2, 0.25) is 11.8 Å². The molecule has 144 valence electrons. The van der Waals surface area contributed by atoms with Crippen LogP contribution in [0.15, 0.2) is 24.3 Å². The normalized spacial score (nSPS) is 16.1. The topological polar surface area (TPSA) is 61.9 Å². The van der Waals surface area contributed by atoms with E-state index >= 15 is 0 Å². The number of nitrogens with one attached hydrogen (secondary N) is 1. The number of morpholine rings is 1. The Balaban J connectivity index is 1.89. The fraction of sp³-hybridized carbons (Fsp3) is 0.579. The second kappa shape index (κ2) is 10.2. The molecule has 6 nitrogen and oxygen atoms in total. The monoisotopic (exact) mass is 365 g/mol. The fourth-order valence-corrected chi connectivity index (χ4v) is 2.88. The summed E-state index contributed by atoms with van der Waals surface area (Å²) >= 11 is 0. The Hall–Kier alpha value is -1.99. The van der Waals surface area contributed by atoms with Crippen molar-refractivity contribution in [2.75, 3.05) is 39.4 Å². The van der Waals surface area contributed by atoms with Gasteiger partial charge in [0.25, 0.3) is 0 Å². The van der Waals surface area contributed by atoms with Gasteiger partial charge >= 0.3 is 0 Å². The van der Waals surface area contributed by atoms with Gasteiger partial charge in [-0.3, -0.25) is 14.5 Å². The van der Waals surface area contributed by atoms with Crippen LogP contribution >= 0.6 is 0 Å². The van der Waals surface area contributed by atoms with E-state index in [1.165, 1.54) is 17.0 Å². The predicted octanol–water partition coefficient (Wildman–Crippen LogP) is 1.40. The highest BCUT2D eigenvalue weighted by Gasteiger charge is 2.25. The van der Waals surface area contributed by atoms with Gasteiger partial charge in [-0.1, -0.05) is 19.1 Å². The molecule has 0 saturated carbocycles. The summed E-state index contributed by atoms with van der Waals surface area (Å²) in [5.41, 5.74) is 0.793. The van der Waals surface area contributed by atoms with E-state index in [4.69, 9.17) is 4.74 Å². The van der Waals surface area contributed by atoms with Crippen LogP contribution in [0.1, 0.15) is 25.8 Å². The van der Waals surface area contributed by atoms with Crippen molar-refractivity contribution in [2.24, 2.45) is 0 Å². The molecule has 0 spiro atoms. The maximum atomic E-state index is 13.1. The molecule has 1 aromatic carbocycles. The highest BCUT2D eigenvalue weighted by atomic mass is 19.1. The molecule has 1 heterocycles. The van der Waals surface area contributed by atoms with Gasteiger partial charge in [0.15, 0.2) is 0 Å². The average molecular weight is 365 g/mol. The van der Waals surface area contributed by atoms with Crippen molar-refractivity contribution in [1.82, 2.24) is 15.1 Å². The van der Waals surface area contributed by atoms with E-state index in [1.807, 2.05) is 0 Å². The molecule has 26 heavy (non-hydrogen) atoms. The molecule has 1 aromatic rings. The summed E-state index contributed by atoms with van der Waals surface area (Å²) in [5.74, 6) is -0.608. The third-order valence-electron chi connectivity index (χ3n) is 4.57. The number of rotatable bonds is 8. The first kappa shape index (κ1) is 20.3. The molecule has 0 aliphatic carbocycles. The number of halogens is 1. The Morgan fingerprint density at radius 3 is 2.54 bits per heavy atom. The van der Waals surface area contributed by atoms with Gasteiger partial charge in [0, 0.05) is 39.1 Å². The summed E-state index contributed by atoms with van der Waals surface area (Å²) in [6.45, 7) is 8.26. The molecule has 0 unspecified atom stereocenters. The van der Waals surface area contributed by atoms with Crippen LogP contribution < -0.4 is 5.32 Å². The Kier molecular flexibility index (Phi) is 8.00. The molecule has 1 saturated heterocycles. The van der Waals surface area contributed by atoms with E-state index in [0.29, 0.717) is 13.0 Å². The minimum Gasteiger partial charge on any atom is -0.379 e. The molecular formula is C19H28FN3O3. The van der Waals surface area contributed by atoms with Crippen molar-refractivity contribution in [2.45, 2.75) is 32.9 Å². The number of nitrogens with zero attached hydrogens (tertiary/aromatic N) is 2. The Labute approximate surface area is 154 Å². The van der Waals surface area contributed by atoms with Crippen LogP contribution in [0.25, 0.3) is 0 Å².